The van der Waals surface area contributed by atoms with Crippen molar-refractivity contribution in [2.45, 2.75) is 26.3 Å². The van der Waals surface area contributed by atoms with Gasteiger partial charge in [0, 0.05) is 12.1 Å². The number of carbonyl (C=O) groups excluding carboxylic acids is 3. The van der Waals surface area contributed by atoms with Crippen LogP contribution in [-0.4, -0.2) is 52.6 Å². The highest BCUT2D eigenvalue weighted by molar-refractivity contribution is 6.15. The summed E-state index contributed by atoms with van der Waals surface area (Å²) >= 11 is 0. The van der Waals surface area contributed by atoms with Gasteiger partial charge in [-0.05, 0) is 31.5 Å². The van der Waals surface area contributed by atoms with E-state index in [1.165, 1.54) is 9.91 Å². The van der Waals surface area contributed by atoms with Gasteiger partial charge >= 0.3 is 6.03 Å². The Morgan fingerprint density at radius 1 is 1.07 bits per heavy atom. The number of anilines is 1. The van der Waals surface area contributed by atoms with Gasteiger partial charge in [-0.25, -0.2) is 9.80 Å². The van der Waals surface area contributed by atoms with Gasteiger partial charge in [0.2, 0.25) is 0 Å². The van der Waals surface area contributed by atoms with E-state index in [0.29, 0.717) is 18.7 Å². The van der Waals surface area contributed by atoms with Gasteiger partial charge in [0.05, 0.1) is 12.3 Å². The van der Waals surface area contributed by atoms with Gasteiger partial charge in [0.15, 0.2) is 0 Å². The Morgan fingerprint density at radius 2 is 1.76 bits per heavy atom. The Kier molecular flexibility index (Phi) is 4.88. The second-order valence-electron chi connectivity index (χ2n) is 7.27. The van der Waals surface area contributed by atoms with Gasteiger partial charge in [-0.1, -0.05) is 48.0 Å². The predicted octanol–water partition coefficient (Wildman–Crippen LogP) is 2.79. The van der Waals surface area contributed by atoms with Crippen molar-refractivity contribution in [1.29, 1.82) is 0 Å². The lowest BCUT2D eigenvalue weighted by Crippen LogP contribution is -2.41. The van der Waals surface area contributed by atoms with Crippen molar-refractivity contribution in [3.05, 3.63) is 65.7 Å². The number of amides is 4. The SMILES string of the molecule is Cc1ccc(N2C(=O)N(CC(=O)N3CCC(c4ccccc4)=N3)C(=O)C2C)cc1. The van der Waals surface area contributed by atoms with Crippen LogP contribution >= 0.6 is 0 Å². The minimum Gasteiger partial charge on any atom is -0.282 e. The first-order valence-corrected chi connectivity index (χ1v) is 9.60. The van der Waals surface area contributed by atoms with Crippen molar-refractivity contribution < 1.29 is 14.4 Å². The molecule has 0 aliphatic carbocycles. The maximum atomic E-state index is 12.9. The summed E-state index contributed by atoms with van der Waals surface area (Å²) < 4.78 is 0. The lowest BCUT2D eigenvalue weighted by Gasteiger charge is -2.20. The molecule has 0 aromatic heterocycles. The molecule has 148 valence electrons. The molecule has 2 aliphatic rings. The first-order chi connectivity index (χ1) is 14.0. The Balaban J connectivity index is 1.48. The molecule has 1 saturated heterocycles. The Bertz CT molecular complexity index is 985. The van der Waals surface area contributed by atoms with Crippen molar-refractivity contribution in [1.82, 2.24) is 9.91 Å². The largest absolute Gasteiger partial charge is 0.332 e. The average Bonchev–Trinajstić information content (AvgIpc) is 3.30. The fourth-order valence-corrected chi connectivity index (χ4v) is 3.60. The van der Waals surface area contributed by atoms with Crippen molar-refractivity contribution in [3.8, 4) is 0 Å². The molecule has 0 radical (unpaired) electrons. The number of aryl methyl sites for hydroxylation is 1. The fraction of sp³-hybridized carbons (Fsp3) is 0.273. The normalized spacial score (nSPS) is 19.2. The van der Waals surface area contributed by atoms with Crippen LogP contribution < -0.4 is 4.90 Å². The molecule has 0 bridgehead atoms. The Hall–Kier alpha value is -3.48. The van der Waals surface area contributed by atoms with Crippen LogP contribution in [0.25, 0.3) is 0 Å². The number of hydrogen-bond donors (Lipinski definition) is 0. The summed E-state index contributed by atoms with van der Waals surface area (Å²) in [6, 6.07) is 15.9. The molecule has 1 unspecified atom stereocenters. The highest BCUT2D eigenvalue weighted by Gasteiger charge is 2.44. The van der Waals surface area contributed by atoms with Gasteiger partial charge < -0.3 is 0 Å². The monoisotopic (exact) mass is 390 g/mol. The third-order valence-electron chi connectivity index (χ3n) is 5.25. The maximum absolute atomic E-state index is 12.9. The third-order valence-corrected chi connectivity index (χ3v) is 5.25. The quantitative estimate of drug-likeness (QED) is 0.754. The fourth-order valence-electron chi connectivity index (χ4n) is 3.60. The van der Waals surface area contributed by atoms with E-state index in [9.17, 15) is 14.4 Å². The topological polar surface area (TPSA) is 73.3 Å². The molecule has 2 aliphatic heterocycles. The van der Waals surface area contributed by atoms with Crippen molar-refractivity contribution in [2.75, 3.05) is 18.0 Å². The van der Waals surface area contributed by atoms with E-state index in [-0.39, 0.29) is 18.4 Å². The van der Waals surface area contributed by atoms with Gasteiger partial charge in [0.25, 0.3) is 11.8 Å². The molecule has 4 rings (SSSR count). The summed E-state index contributed by atoms with van der Waals surface area (Å²) in [5.74, 6) is -0.744. The molecular formula is C22H22N4O3. The van der Waals surface area contributed by atoms with E-state index in [4.69, 9.17) is 0 Å². The first-order valence-electron chi connectivity index (χ1n) is 9.60. The summed E-state index contributed by atoms with van der Waals surface area (Å²) in [5, 5.41) is 5.74. The van der Waals surface area contributed by atoms with E-state index in [1.807, 2.05) is 49.4 Å². The van der Waals surface area contributed by atoms with Gasteiger partial charge in [-0.2, -0.15) is 5.10 Å². The number of imide groups is 1. The molecule has 0 spiro atoms. The zero-order chi connectivity index (χ0) is 20.5. The van der Waals surface area contributed by atoms with Crippen molar-refractivity contribution >= 4 is 29.2 Å². The Morgan fingerprint density at radius 3 is 2.45 bits per heavy atom. The second kappa shape index (κ2) is 7.50. The number of nitrogens with zero attached hydrogens (tertiary/aromatic N) is 4. The van der Waals surface area contributed by atoms with Crippen LogP contribution in [0.3, 0.4) is 0 Å². The standard InChI is InChI=1S/C22H22N4O3/c1-15-8-10-18(11-9-15)26-16(2)21(28)24(22(26)29)14-20(27)25-13-12-19(23-25)17-6-4-3-5-7-17/h3-11,16H,12-14H2,1-2H3. The molecule has 4 amide bonds. The highest BCUT2D eigenvalue weighted by Crippen LogP contribution is 2.26. The van der Waals surface area contributed by atoms with E-state index in [2.05, 4.69) is 5.10 Å². The van der Waals surface area contributed by atoms with E-state index in [0.717, 1.165) is 21.7 Å². The molecule has 1 atom stereocenters. The van der Waals surface area contributed by atoms with Crippen molar-refractivity contribution in [2.24, 2.45) is 5.10 Å². The van der Waals surface area contributed by atoms with E-state index < -0.39 is 12.1 Å². The molecule has 2 aromatic rings. The molecule has 0 N–H and O–H groups in total. The molecule has 2 heterocycles. The predicted molar refractivity (Wildman–Crippen MR) is 110 cm³/mol. The second-order valence-corrected chi connectivity index (χ2v) is 7.27. The molecular weight excluding hydrogens is 368 g/mol. The van der Waals surface area contributed by atoms with Gasteiger partial charge in [-0.3, -0.25) is 19.4 Å². The van der Waals surface area contributed by atoms with Crippen LogP contribution in [-0.2, 0) is 9.59 Å². The van der Waals surface area contributed by atoms with E-state index in [1.54, 1.807) is 19.1 Å². The van der Waals surface area contributed by atoms with Crippen LogP contribution in [0.2, 0.25) is 0 Å². The lowest BCUT2D eigenvalue weighted by molar-refractivity contribution is -0.136. The molecule has 2 aromatic carbocycles. The number of hydrogen-bond acceptors (Lipinski definition) is 4. The van der Waals surface area contributed by atoms with Crippen LogP contribution in [0.5, 0.6) is 0 Å². The number of carbonyl (C=O) groups is 3. The highest BCUT2D eigenvalue weighted by atomic mass is 16.2. The molecule has 29 heavy (non-hydrogen) atoms. The van der Waals surface area contributed by atoms with Crippen LogP contribution in [0, 0.1) is 6.92 Å². The maximum Gasteiger partial charge on any atom is 0.332 e. The third kappa shape index (κ3) is 3.51. The Labute approximate surface area is 169 Å². The van der Waals surface area contributed by atoms with Crippen LogP contribution in [0.1, 0.15) is 24.5 Å². The summed E-state index contributed by atoms with van der Waals surface area (Å²) in [5.41, 5.74) is 3.50. The van der Waals surface area contributed by atoms with Crippen LogP contribution in [0.4, 0.5) is 10.5 Å². The minimum atomic E-state index is -0.653. The minimum absolute atomic E-state index is 0.310. The molecule has 7 nitrogen and oxygen atoms in total. The summed E-state index contributed by atoms with van der Waals surface area (Å²) in [4.78, 5) is 40.7. The number of hydrazone groups is 1. The molecule has 0 saturated carbocycles. The van der Waals surface area contributed by atoms with Gasteiger partial charge in [0.1, 0.15) is 12.6 Å². The summed E-state index contributed by atoms with van der Waals surface area (Å²) in [7, 11) is 0. The first kappa shape index (κ1) is 18.9. The summed E-state index contributed by atoms with van der Waals surface area (Å²) in [6.45, 7) is 3.76. The van der Waals surface area contributed by atoms with Gasteiger partial charge in [-0.15, -0.1) is 0 Å². The number of urea groups is 1. The molecule has 1 fully saturated rings. The zero-order valence-electron chi connectivity index (χ0n) is 16.4. The van der Waals surface area contributed by atoms with Crippen LogP contribution in [0.15, 0.2) is 59.7 Å². The molecule has 7 heteroatoms. The van der Waals surface area contributed by atoms with E-state index >= 15 is 0 Å². The summed E-state index contributed by atoms with van der Waals surface area (Å²) in [6.07, 6.45) is 0.642. The average molecular weight is 390 g/mol. The smallest absolute Gasteiger partial charge is 0.282 e. The lowest BCUT2D eigenvalue weighted by atomic mass is 10.1. The number of rotatable bonds is 4. The number of benzene rings is 2. The van der Waals surface area contributed by atoms with Crippen molar-refractivity contribution in [3.63, 3.8) is 0 Å². The zero-order valence-corrected chi connectivity index (χ0v) is 16.4.